The van der Waals surface area contributed by atoms with Crippen LogP contribution < -0.4 is 14.8 Å². The zero-order valence-electron chi connectivity index (χ0n) is 18.8. The highest BCUT2D eigenvalue weighted by Crippen LogP contribution is 2.36. The highest BCUT2D eigenvalue weighted by Gasteiger charge is 2.30. The summed E-state index contributed by atoms with van der Waals surface area (Å²) in [7, 11) is 0. The molecule has 0 saturated carbocycles. The van der Waals surface area contributed by atoms with Crippen LogP contribution in [0.3, 0.4) is 0 Å². The number of likely N-dealkylation sites (tertiary alicyclic amines) is 1. The van der Waals surface area contributed by atoms with Crippen molar-refractivity contribution >= 4 is 5.91 Å². The van der Waals surface area contributed by atoms with Crippen LogP contribution in [0.25, 0.3) is 0 Å². The van der Waals surface area contributed by atoms with Crippen LogP contribution in [0, 0.1) is 18.8 Å². The second kappa shape index (κ2) is 9.69. The van der Waals surface area contributed by atoms with E-state index in [1.165, 1.54) is 11.1 Å². The molecular weight excluding hydrogens is 390 g/mol. The molecule has 0 spiro atoms. The van der Waals surface area contributed by atoms with Gasteiger partial charge >= 0.3 is 0 Å². The predicted octanol–water partition coefficient (Wildman–Crippen LogP) is 4.23. The second-order valence-electron chi connectivity index (χ2n) is 9.14. The van der Waals surface area contributed by atoms with Gasteiger partial charge in [0.1, 0.15) is 0 Å². The standard InChI is InChI=1S/C25H33N3O3/c1-17(2)12-24(29)27-25(21-6-4-5-9-26-21)19-7-10-28(11-8-19)15-20-14-23-22(13-18(20)3)30-16-31-23/h4-6,9,13-14,17,19,25H,7-8,10-12,15-16H2,1-3H3,(H,27,29)/t25-/m1/s1. The van der Waals surface area contributed by atoms with Gasteiger partial charge in [-0.2, -0.15) is 0 Å². The van der Waals surface area contributed by atoms with Crippen LogP contribution in [0.15, 0.2) is 36.5 Å². The Bertz CT molecular complexity index is 892. The number of ether oxygens (including phenoxy) is 2. The first-order chi connectivity index (χ1) is 15.0. The summed E-state index contributed by atoms with van der Waals surface area (Å²) in [6.45, 7) is 9.50. The van der Waals surface area contributed by atoms with Crippen molar-refractivity contribution in [3.05, 3.63) is 53.3 Å². The number of rotatable bonds is 7. The molecule has 1 N–H and O–H groups in total. The number of aromatic nitrogens is 1. The van der Waals surface area contributed by atoms with E-state index in [-0.39, 0.29) is 11.9 Å². The molecule has 2 aliphatic rings. The maximum absolute atomic E-state index is 12.5. The number of nitrogens with one attached hydrogen (secondary N) is 1. The van der Waals surface area contributed by atoms with E-state index >= 15 is 0 Å². The van der Waals surface area contributed by atoms with E-state index in [0.717, 1.165) is 49.7 Å². The van der Waals surface area contributed by atoms with Gasteiger partial charge in [-0.05, 0) is 80.1 Å². The molecule has 2 aliphatic heterocycles. The van der Waals surface area contributed by atoms with Crippen LogP contribution >= 0.6 is 0 Å². The summed E-state index contributed by atoms with van der Waals surface area (Å²) in [5.74, 6) is 2.54. The van der Waals surface area contributed by atoms with Crippen molar-refractivity contribution < 1.29 is 14.3 Å². The predicted molar refractivity (Wildman–Crippen MR) is 120 cm³/mol. The average Bonchev–Trinajstić information content (AvgIpc) is 3.20. The first kappa shape index (κ1) is 21.6. The second-order valence-corrected chi connectivity index (χ2v) is 9.14. The number of hydrogen-bond acceptors (Lipinski definition) is 5. The summed E-state index contributed by atoms with van der Waals surface area (Å²) in [5, 5.41) is 3.29. The smallest absolute Gasteiger partial charge is 0.231 e. The Morgan fingerprint density at radius 2 is 1.94 bits per heavy atom. The van der Waals surface area contributed by atoms with Crippen molar-refractivity contribution in [2.24, 2.45) is 11.8 Å². The number of aryl methyl sites for hydroxylation is 1. The molecule has 0 unspecified atom stereocenters. The minimum absolute atomic E-state index is 0.0260. The van der Waals surface area contributed by atoms with Crippen molar-refractivity contribution in [3.63, 3.8) is 0 Å². The van der Waals surface area contributed by atoms with Gasteiger partial charge < -0.3 is 14.8 Å². The minimum atomic E-state index is -0.0260. The fourth-order valence-corrected chi connectivity index (χ4v) is 4.54. The Labute approximate surface area is 185 Å². The summed E-state index contributed by atoms with van der Waals surface area (Å²) < 4.78 is 11.0. The maximum Gasteiger partial charge on any atom is 0.231 e. The largest absolute Gasteiger partial charge is 0.454 e. The molecule has 6 nitrogen and oxygen atoms in total. The highest BCUT2D eigenvalue weighted by molar-refractivity contribution is 5.76. The maximum atomic E-state index is 12.5. The fourth-order valence-electron chi connectivity index (χ4n) is 4.54. The molecule has 1 saturated heterocycles. The van der Waals surface area contributed by atoms with Crippen LogP contribution in [-0.2, 0) is 11.3 Å². The average molecular weight is 424 g/mol. The zero-order chi connectivity index (χ0) is 21.8. The summed E-state index contributed by atoms with van der Waals surface area (Å²) in [5.41, 5.74) is 3.48. The summed E-state index contributed by atoms with van der Waals surface area (Å²) in [4.78, 5) is 19.6. The topological polar surface area (TPSA) is 63.7 Å². The number of carbonyl (C=O) groups is 1. The van der Waals surface area contributed by atoms with Crippen LogP contribution in [0.4, 0.5) is 0 Å². The van der Waals surface area contributed by atoms with E-state index in [2.05, 4.69) is 48.1 Å². The lowest BCUT2D eigenvalue weighted by molar-refractivity contribution is -0.123. The Morgan fingerprint density at radius 3 is 2.61 bits per heavy atom. The van der Waals surface area contributed by atoms with Gasteiger partial charge in [0.25, 0.3) is 0 Å². The van der Waals surface area contributed by atoms with Gasteiger partial charge in [-0.15, -0.1) is 0 Å². The molecule has 3 heterocycles. The normalized spacial score (nSPS) is 17.7. The summed E-state index contributed by atoms with van der Waals surface area (Å²) in [6, 6.07) is 10.1. The van der Waals surface area contributed by atoms with Crippen LogP contribution in [-0.4, -0.2) is 35.7 Å². The Morgan fingerprint density at radius 1 is 1.19 bits per heavy atom. The first-order valence-electron chi connectivity index (χ1n) is 11.3. The van der Waals surface area contributed by atoms with Gasteiger partial charge in [-0.1, -0.05) is 19.9 Å². The molecule has 2 aromatic rings. The molecule has 1 aromatic carbocycles. The molecule has 31 heavy (non-hydrogen) atoms. The van der Waals surface area contributed by atoms with Crippen molar-refractivity contribution in [2.75, 3.05) is 19.9 Å². The van der Waals surface area contributed by atoms with E-state index in [0.29, 0.717) is 25.0 Å². The van der Waals surface area contributed by atoms with Gasteiger partial charge in [0, 0.05) is 19.2 Å². The lowest BCUT2D eigenvalue weighted by Gasteiger charge is -2.36. The van der Waals surface area contributed by atoms with E-state index in [1.54, 1.807) is 0 Å². The van der Waals surface area contributed by atoms with Crippen LogP contribution in [0.2, 0.25) is 0 Å². The molecule has 166 valence electrons. The van der Waals surface area contributed by atoms with Crippen molar-refractivity contribution in [1.29, 1.82) is 0 Å². The summed E-state index contributed by atoms with van der Waals surface area (Å²) in [6.07, 6.45) is 4.43. The Balaban J connectivity index is 1.40. The number of piperidine rings is 1. The van der Waals surface area contributed by atoms with Crippen molar-refractivity contribution in [1.82, 2.24) is 15.2 Å². The Kier molecular flexibility index (Phi) is 6.76. The molecule has 1 amide bonds. The third-order valence-corrected chi connectivity index (χ3v) is 6.25. The number of fused-ring (bicyclic) bond motifs is 1. The molecule has 1 aromatic heterocycles. The molecule has 0 aliphatic carbocycles. The number of amides is 1. The number of nitrogens with zero attached hydrogens (tertiary/aromatic N) is 2. The highest BCUT2D eigenvalue weighted by atomic mass is 16.7. The van der Waals surface area contributed by atoms with Gasteiger partial charge in [-0.25, -0.2) is 0 Å². The number of pyridine rings is 1. The van der Waals surface area contributed by atoms with E-state index in [1.807, 2.05) is 24.4 Å². The van der Waals surface area contributed by atoms with Gasteiger partial charge in [-0.3, -0.25) is 14.7 Å². The van der Waals surface area contributed by atoms with Crippen LogP contribution in [0.5, 0.6) is 11.5 Å². The minimum Gasteiger partial charge on any atom is -0.454 e. The van der Waals surface area contributed by atoms with Gasteiger partial charge in [0.05, 0.1) is 11.7 Å². The zero-order valence-corrected chi connectivity index (χ0v) is 18.8. The third-order valence-electron chi connectivity index (χ3n) is 6.25. The molecule has 1 atom stereocenters. The summed E-state index contributed by atoms with van der Waals surface area (Å²) >= 11 is 0. The fraction of sp³-hybridized carbons (Fsp3) is 0.520. The first-order valence-corrected chi connectivity index (χ1v) is 11.3. The number of hydrogen-bond donors (Lipinski definition) is 1. The lowest BCUT2D eigenvalue weighted by atomic mass is 9.86. The molecule has 0 radical (unpaired) electrons. The molecule has 4 rings (SSSR count). The van der Waals surface area contributed by atoms with Crippen LogP contribution in [0.1, 0.15) is 56.0 Å². The molecular formula is C25H33N3O3. The number of carbonyl (C=O) groups excluding carboxylic acids is 1. The monoisotopic (exact) mass is 423 g/mol. The number of benzene rings is 1. The van der Waals surface area contributed by atoms with Gasteiger partial charge in [0.15, 0.2) is 11.5 Å². The van der Waals surface area contributed by atoms with Crippen molar-refractivity contribution in [2.45, 2.75) is 52.6 Å². The SMILES string of the molecule is Cc1cc2c(cc1CN1CCC([C@@H](NC(=O)CC(C)C)c3ccccn3)CC1)OCO2. The molecule has 6 heteroatoms. The van der Waals surface area contributed by atoms with Gasteiger partial charge in [0.2, 0.25) is 12.7 Å². The molecule has 0 bridgehead atoms. The lowest BCUT2D eigenvalue weighted by Crippen LogP contribution is -2.41. The van der Waals surface area contributed by atoms with E-state index in [4.69, 9.17) is 9.47 Å². The van der Waals surface area contributed by atoms with E-state index < -0.39 is 0 Å². The molecule has 1 fully saturated rings. The Hall–Kier alpha value is -2.60. The third kappa shape index (κ3) is 5.37. The quantitative estimate of drug-likeness (QED) is 0.722. The van der Waals surface area contributed by atoms with E-state index in [9.17, 15) is 4.79 Å². The van der Waals surface area contributed by atoms with Crippen molar-refractivity contribution in [3.8, 4) is 11.5 Å².